The Kier molecular flexibility index (Phi) is 4.51. The van der Waals surface area contributed by atoms with Gasteiger partial charge in [0.1, 0.15) is 11.6 Å². The average Bonchev–Trinajstić information content (AvgIpc) is 2.95. The Balaban J connectivity index is 2.00. The molecular weight excluding hydrogens is 290 g/mol. The first-order chi connectivity index (χ1) is 9.76. The molecule has 0 aliphatic carbocycles. The fourth-order valence-corrected chi connectivity index (χ4v) is 2.88. The fourth-order valence-electron chi connectivity index (χ4n) is 2.20. The summed E-state index contributed by atoms with van der Waals surface area (Å²) < 4.78 is 5.38. The minimum Gasteiger partial charge on any atom is -0.458 e. The molecule has 0 radical (unpaired) electrons. The topological polar surface area (TPSA) is 71.5 Å². The molecule has 1 aromatic heterocycles. The maximum atomic E-state index is 12.3. The van der Waals surface area contributed by atoms with Gasteiger partial charge in [-0.05, 0) is 40.5 Å². The van der Waals surface area contributed by atoms with Gasteiger partial charge in [-0.15, -0.1) is 11.3 Å². The van der Waals surface area contributed by atoms with E-state index >= 15 is 0 Å². The first-order valence-corrected chi connectivity index (χ1v) is 7.87. The lowest BCUT2D eigenvalue weighted by Gasteiger charge is -2.27. The minimum absolute atomic E-state index is 0.294. The third-order valence-corrected chi connectivity index (χ3v) is 3.90. The zero-order valence-electron chi connectivity index (χ0n) is 12.8. The van der Waals surface area contributed by atoms with Gasteiger partial charge in [-0.25, -0.2) is 14.6 Å². The van der Waals surface area contributed by atoms with Crippen LogP contribution in [0.1, 0.15) is 39.3 Å². The lowest BCUT2D eigenvalue weighted by molar-refractivity contribution is -0.159. The number of ether oxygens (including phenoxy) is 1. The highest BCUT2D eigenvalue weighted by Gasteiger charge is 2.37. The molecule has 1 fully saturated rings. The lowest BCUT2D eigenvalue weighted by atomic mass is 10.1. The Morgan fingerprint density at radius 3 is 2.76 bits per heavy atom. The number of likely N-dealkylation sites (tertiary alicyclic amines) is 1. The maximum Gasteiger partial charge on any atom is 0.329 e. The lowest BCUT2D eigenvalue weighted by Crippen LogP contribution is -2.45. The van der Waals surface area contributed by atoms with Crippen LogP contribution in [-0.4, -0.2) is 40.1 Å². The van der Waals surface area contributed by atoms with Crippen molar-refractivity contribution in [2.75, 3.05) is 11.9 Å². The highest BCUT2D eigenvalue weighted by Crippen LogP contribution is 2.23. The second kappa shape index (κ2) is 6.01. The van der Waals surface area contributed by atoms with Crippen molar-refractivity contribution in [1.82, 2.24) is 9.88 Å². The number of hydrogen-bond donors (Lipinski definition) is 1. The predicted octanol–water partition coefficient (Wildman–Crippen LogP) is 2.79. The number of carbonyl (C=O) groups excluding carboxylic acids is 2. The molecule has 0 spiro atoms. The van der Waals surface area contributed by atoms with Crippen LogP contribution in [0.25, 0.3) is 0 Å². The molecule has 1 aliphatic rings. The molecule has 21 heavy (non-hydrogen) atoms. The Morgan fingerprint density at radius 2 is 2.19 bits per heavy atom. The van der Waals surface area contributed by atoms with E-state index < -0.39 is 11.6 Å². The molecule has 1 saturated heterocycles. The van der Waals surface area contributed by atoms with E-state index in [9.17, 15) is 9.59 Å². The highest BCUT2D eigenvalue weighted by atomic mass is 32.1. The van der Waals surface area contributed by atoms with Crippen LogP contribution in [0.2, 0.25) is 0 Å². The summed E-state index contributed by atoms with van der Waals surface area (Å²) in [6.07, 6.45) is 1.44. The number of aryl methyl sites for hydroxylation is 1. The standard InChI is InChI=1S/C14H21N3O3S/c1-9-8-21-12(15-9)16-13(19)17-7-5-6-10(17)11(18)20-14(2,3)4/h8,10H,5-7H2,1-4H3,(H,15,16,19)/t10-/m1/s1. The Bertz CT molecular complexity index is 536. The van der Waals surface area contributed by atoms with Crippen molar-refractivity contribution in [2.24, 2.45) is 0 Å². The molecule has 1 N–H and O–H groups in total. The summed E-state index contributed by atoms with van der Waals surface area (Å²) in [6, 6.07) is -0.803. The number of urea groups is 1. The van der Waals surface area contributed by atoms with Crippen molar-refractivity contribution in [1.29, 1.82) is 0 Å². The fraction of sp³-hybridized carbons (Fsp3) is 0.643. The maximum absolute atomic E-state index is 12.3. The molecule has 2 heterocycles. The van der Waals surface area contributed by atoms with Gasteiger partial charge in [0.25, 0.3) is 0 Å². The zero-order chi connectivity index (χ0) is 15.6. The first kappa shape index (κ1) is 15.8. The van der Waals surface area contributed by atoms with Crippen LogP contribution in [0.15, 0.2) is 5.38 Å². The average molecular weight is 311 g/mol. The number of hydrogen-bond acceptors (Lipinski definition) is 5. The van der Waals surface area contributed by atoms with Crippen LogP contribution < -0.4 is 5.32 Å². The number of esters is 1. The van der Waals surface area contributed by atoms with Gasteiger partial charge < -0.3 is 9.64 Å². The number of carbonyl (C=O) groups is 2. The number of nitrogens with zero attached hydrogens (tertiary/aromatic N) is 2. The number of thiazole rings is 1. The SMILES string of the molecule is Cc1csc(NC(=O)N2CCC[C@@H]2C(=O)OC(C)(C)C)n1. The zero-order valence-corrected chi connectivity index (χ0v) is 13.6. The third-order valence-electron chi connectivity index (χ3n) is 3.03. The Morgan fingerprint density at radius 1 is 1.48 bits per heavy atom. The number of amides is 2. The Hall–Kier alpha value is -1.63. The molecule has 1 atom stereocenters. The second-order valence-electron chi connectivity index (χ2n) is 6.11. The van der Waals surface area contributed by atoms with Crippen LogP contribution in [0.4, 0.5) is 9.93 Å². The summed E-state index contributed by atoms with van der Waals surface area (Å²) in [6.45, 7) is 7.89. The van der Waals surface area contributed by atoms with E-state index in [2.05, 4.69) is 10.3 Å². The van der Waals surface area contributed by atoms with Gasteiger partial charge in [-0.3, -0.25) is 5.32 Å². The van der Waals surface area contributed by atoms with Crippen LogP contribution in [0, 0.1) is 6.92 Å². The van der Waals surface area contributed by atoms with E-state index in [-0.39, 0.29) is 12.0 Å². The summed E-state index contributed by atoms with van der Waals surface area (Å²) in [4.78, 5) is 30.2. The minimum atomic E-state index is -0.547. The van der Waals surface area contributed by atoms with E-state index in [1.807, 2.05) is 33.1 Å². The van der Waals surface area contributed by atoms with Crippen molar-refractivity contribution < 1.29 is 14.3 Å². The first-order valence-electron chi connectivity index (χ1n) is 6.99. The number of rotatable bonds is 2. The van der Waals surface area contributed by atoms with Gasteiger partial charge in [-0.2, -0.15) is 0 Å². The van der Waals surface area contributed by atoms with Crippen molar-refractivity contribution in [3.63, 3.8) is 0 Å². The molecular formula is C14H21N3O3S. The predicted molar refractivity (Wildman–Crippen MR) is 81.4 cm³/mol. The van der Waals surface area contributed by atoms with Crippen molar-refractivity contribution in [3.8, 4) is 0 Å². The van der Waals surface area contributed by atoms with Crippen molar-refractivity contribution >= 4 is 28.5 Å². The summed E-state index contributed by atoms with van der Waals surface area (Å²) in [5, 5.41) is 5.15. The van der Waals surface area contributed by atoms with Gasteiger partial charge in [0.15, 0.2) is 5.13 Å². The van der Waals surface area contributed by atoms with Crippen LogP contribution in [0.5, 0.6) is 0 Å². The molecule has 0 bridgehead atoms. The van der Waals surface area contributed by atoms with E-state index in [1.54, 1.807) is 0 Å². The molecule has 7 heteroatoms. The van der Waals surface area contributed by atoms with E-state index in [0.717, 1.165) is 12.1 Å². The van der Waals surface area contributed by atoms with Gasteiger partial charge in [0.05, 0.1) is 5.69 Å². The van der Waals surface area contributed by atoms with E-state index in [0.29, 0.717) is 18.1 Å². The van der Waals surface area contributed by atoms with Crippen molar-refractivity contribution in [3.05, 3.63) is 11.1 Å². The molecule has 6 nitrogen and oxygen atoms in total. The molecule has 2 rings (SSSR count). The van der Waals surface area contributed by atoms with E-state index in [4.69, 9.17) is 4.74 Å². The van der Waals surface area contributed by atoms with Crippen LogP contribution >= 0.6 is 11.3 Å². The van der Waals surface area contributed by atoms with Crippen molar-refractivity contribution in [2.45, 2.75) is 52.2 Å². The highest BCUT2D eigenvalue weighted by molar-refractivity contribution is 7.13. The molecule has 2 amide bonds. The monoisotopic (exact) mass is 311 g/mol. The second-order valence-corrected chi connectivity index (χ2v) is 6.97. The molecule has 0 aromatic carbocycles. The molecule has 0 saturated carbocycles. The number of aromatic nitrogens is 1. The van der Waals surface area contributed by atoms with Crippen LogP contribution in [-0.2, 0) is 9.53 Å². The molecule has 0 unspecified atom stereocenters. The summed E-state index contributed by atoms with van der Waals surface area (Å²) >= 11 is 1.37. The summed E-state index contributed by atoms with van der Waals surface area (Å²) in [5.41, 5.74) is 0.314. The molecule has 1 aliphatic heterocycles. The Labute approximate surface area is 128 Å². The molecule has 1 aromatic rings. The van der Waals surface area contributed by atoms with Crippen LogP contribution in [0.3, 0.4) is 0 Å². The largest absolute Gasteiger partial charge is 0.458 e. The molecule has 116 valence electrons. The third kappa shape index (κ3) is 4.17. The summed E-state index contributed by atoms with van der Waals surface area (Å²) in [5.74, 6) is -0.342. The number of anilines is 1. The van der Waals surface area contributed by atoms with E-state index in [1.165, 1.54) is 16.2 Å². The van der Waals surface area contributed by atoms with Gasteiger partial charge in [-0.1, -0.05) is 0 Å². The quantitative estimate of drug-likeness (QED) is 0.853. The van der Waals surface area contributed by atoms with Gasteiger partial charge in [0.2, 0.25) is 0 Å². The normalized spacial score (nSPS) is 18.7. The summed E-state index contributed by atoms with van der Waals surface area (Å²) in [7, 11) is 0. The van der Waals surface area contributed by atoms with Gasteiger partial charge >= 0.3 is 12.0 Å². The number of nitrogens with one attached hydrogen (secondary N) is 1. The smallest absolute Gasteiger partial charge is 0.329 e. The van der Waals surface area contributed by atoms with Gasteiger partial charge in [0, 0.05) is 11.9 Å².